The quantitative estimate of drug-likeness (QED) is 0.368. The number of nitrogens with one attached hydrogen (secondary N) is 2. The highest BCUT2D eigenvalue weighted by molar-refractivity contribution is 9.10. The smallest absolute Gasteiger partial charge is 0.322 e. The lowest BCUT2D eigenvalue weighted by molar-refractivity contribution is -0.135. The Labute approximate surface area is 206 Å². The molecule has 0 radical (unpaired) electrons. The van der Waals surface area contributed by atoms with Crippen LogP contribution in [0.4, 0.5) is 17.1 Å². The van der Waals surface area contributed by atoms with Crippen LogP contribution < -0.4 is 10.6 Å². The maximum Gasteiger partial charge on any atom is 0.322 e. The van der Waals surface area contributed by atoms with Gasteiger partial charge in [-0.25, -0.2) is 0 Å². The molecule has 0 aromatic heterocycles. The Bertz CT molecular complexity index is 1240. The summed E-state index contributed by atoms with van der Waals surface area (Å²) < 4.78 is 0.885. The molecule has 3 aromatic rings. The Morgan fingerprint density at radius 2 is 1.79 bits per heavy atom. The molecule has 1 atom stereocenters. The lowest BCUT2D eigenvalue weighted by Crippen LogP contribution is -2.22. The van der Waals surface area contributed by atoms with Crippen LogP contribution in [0.25, 0.3) is 0 Å². The van der Waals surface area contributed by atoms with E-state index in [1.807, 2.05) is 68.7 Å². The summed E-state index contributed by atoms with van der Waals surface area (Å²) >= 11 is 3.46. The van der Waals surface area contributed by atoms with E-state index in [0.29, 0.717) is 11.4 Å². The van der Waals surface area contributed by atoms with Crippen molar-refractivity contribution < 1.29 is 14.7 Å². The first-order valence-electron chi connectivity index (χ1n) is 10.8. The molecule has 1 unspecified atom stereocenters. The maximum absolute atomic E-state index is 13.1. The van der Waals surface area contributed by atoms with Crippen molar-refractivity contribution in [3.05, 3.63) is 87.9 Å². The number of amides is 1. The highest BCUT2D eigenvalue weighted by atomic mass is 79.9. The molecule has 0 saturated heterocycles. The number of fused-ring (bicyclic) bond motifs is 1. The Morgan fingerprint density at radius 1 is 1.09 bits per heavy atom. The zero-order valence-electron chi connectivity index (χ0n) is 18.9. The fourth-order valence-corrected chi connectivity index (χ4v) is 4.28. The minimum Gasteiger partial charge on any atom is -0.480 e. The van der Waals surface area contributed by atoms with Gasteiger partial charge in [0.05, 0.1) is 11.4 Å². The van der Waals surface area contributed by atoms with E-state index in [-0.39, 0.29) is 12.5 Å². The third kappa shape index (κ3) is 5.52. The number of nitrogens with zero attached hydrogens (tertiary/aromatic N) is 2. The Morgan fingerprint density at radius 3 is 2.44 bits per heavy atom. The lowest BCUT2D eigenvalue weighted by atomic mass is 9.90. The predicted octanol–water partition coefficient (Wildman–Crippen LogP) is 4.86. The average molecular weight is 521 g/mol. The Balaban J connectivity index is 1.74. The van der Waals surface area contributed by atoms with E-state index in [1.54, 1.807) is 12.1 Å². The molecular formula is C26H25BrN4O3. The Hall–Kier alpha value is -3.49. The molecule has 0 bridgehead atoms. The van der Waals surface area contributed by atoms with Gasteiger partial charge in [-0.2, -0.15) is 0 Å². The highest BCUT2D eigenvalue weighted by Gasteiger charge is 2.35. The first-order chi connectivity index (χ1) is 16.3. The third-order valence-corrected chi connectivity index (χ3v) is 5.92. The van der Waals surface area contributed by atoms with Gasteiger partial charge in [0.1, 0.15) is 12.5 Å². The summed E-state index contributed by atoms with van der Waals surface area (Å²) in [5.41, 5.74) is 5.65. The zero-order valence-corrected chi connectivity index (χ0v) is 20.5. The van der Waals surface area contributed by atoms with Crippen molar-refractivity contribution in [3.8, 4) is 0 Å². The van der Waals surface area contributed by atoms with Crippen LogP contribution in [0, 0.1) is 0 Å². The van der Waals surface area contributed by atoms with Gasteiger partial charge in [-0.3, -0.25) is 14.6 Å². The molecule has 0 saturated carbocycles. The summed E-state index contributed by atoms with van der Waals surface area (Å²) in [5.74, 6) is -1.64. The molecule has 7 nitrogen and oxygen atoms in total. The lowest BCUT2D eigenvalue weighted by Gasteiger charge is -2.15. The molecule has 0 aliphatic carbocycles. The van der Waals surface area contributed by atoms with Crippen molar-refractivity contribution in [2.45, 2.75) is 12.5 Å². The van der Waals surface area contributed by atoms with Crippen LogP contribution in [0.5, 0.6) is 0 Å². The second-order valence-corrected chi connectivity index (χ2v) is 9.30. The first kappa shape index (κ1) is 23.7. The topological polar surface area (TPSA) is 94.0 Å². The number of rotatable bonds is 8. The van der Waals surface area contributed by atoms with E-state index in [2.05, 4.69) is 31.5 Å². The molecule has 1 amide bonds. The minimum atomic E-state index is -0.936. The van der Waals surface area contributed by atoms with Crippen LogP contribution in [0.15, 0.2) is 76.2 Å². The minimum absolute atomic E-state index is 0.135. The van der Waals surface area contributed by atoms with Crippen LogP contribution in [0.2, 0.25) is 0 Å². The number of benzene rings is 3. The largest absolute Gasteiger partial charge is 0.480 e. The molecule has 174 valence electrons. The van der Waals surface area contributed by atoms with E-state index < -0.39 is 11.9 Å². The monoisotopic (exact) mass is 520 g/mol. The van der Waals surface area contributed by atoms with E-state index in [1.165, 1.54) is 5.56 Å². The number of halogens is 1. The number of carbonyl (C=O) groups is 2. The van der Waals surface area contributed by atoms with Crippen molar-refractivity contribution >= 4 is 50.6 Å². The molecule has 1 aliphatic heterocycles. The fraction of sp³-hybridized carbons (Fsp3) is 0.192. The van der Waals surface area contributed by atoms with Gasteiger partial charge in [-0.1, -0.05) is 46.3 Å². The SMILES string of the molecule is CN(C)Cc1ccc(N=C(c2ccc(NCC(=O)O)cc2)C2C(=O)Nc3cc(Br)ccc32)cc1. The van der Waals surface area contributed by atoms with Crippen LogP contribution in [0.1, 0.15) is 22.6 Å². The molecule has 3 N–H and O–H groups in total. The zero-order chi connectivity index (χ0) is 24.2. The third-order valence-electron chi connectivity index (χ3n) is 5.43. The van der Waals surface area contributed by atoms with E-state index in [0.717, 1.165) is 33.5 Å². The van der Waals surface area contributed by atoms with Gasteiger partial charge < -0.3 is 20.6 Å². The van der Waals surface area contributed by atoms with Crippen LogP contribution in [-0.4, -0.2) is 48.2 Å². The molecule has 0 spiro atoms. The molecule has 34 heavy (non-hydrogen) atoms. The summed E-state index contributed by atoms with van der Waals surface area (Å²) in [6.07, 6.45) is 0. The van der Waals surface area contributed by atoms with Crippen LogP contribution >= 0.6 is 15.9 Å². The normalized spacial score (nSPS) is 15.2. The number of carbonyl (C=O) groups excluding carboxylic acids is 1. The number of anilines is 2. The second kappa shape index (κ2) is 10.2. The summed E-state index contributed by atoms with van der Waals surface area (Å²) in [6, 6.07) is 21.0. The number of carboxylic acid groups (broad SMARTS) is 1. The van der Waals surface area contributed by atoms with Crippen LogP contribution in [-0.2, 0) is 16.1 Å². The second-order valence-electron chi connectivity index (χ2n) is 8.38. The van der Waals surface area contributed by atoms with Gasteiger partial charge in [-0.15, -0.1) is 0 Å². The number of hydrogen-bond acceptors (Lipinski definition) is 5. The van der Waals surface area contributed by atoms with Gasteiger partial charge in [0, 0.05) is 22.4 Å². The van der Waals surface area contributed by atoms with E-state index in [4.69, 9.17) is 10.1 Å². The predicted molar refractivity (Wildman–Crippen MR) is 138 cm³/mol. The Kier molecular flexibility index (Phi) is 7.09. The van der Waals surface area contributed by atoms with Gasteiger partial charge >= 0.3 is 5.97 Å². The van der Waals surface area contributed by atoms with Crippen molar-refractivity contribution in [1.82, 2.24) is 4.90 Å². The average Bonchev–Trinajstić information content (AvgIpc) is 3.11. The molecule has 0 fully saturated rings. The molecule has 1 heterocycles. The molecular weight excluding hydrogens is 496 g/mol. The number of aliphatic imine (C=N–C) groups is 1. The summed E-state index contributed by atoms with van der Waals surface area (Å²) in [4.78, 5) is 31.0. The molecule has 3 aromatic carbocycles. The van der Waals surface area contributed by atoms with Gasteiger partial charge in [0.2, 0.25) is 5.91 Å². The summed E-state index contributed by atoms with van der Waals surface area (Å²) in [5, 5.41) is 14.7. The van der Waals surface area contributed by atoms with Crippen LogP contribution in [0.3, 0.4) is 0 Å². The highest BCUT2D eigenvalue weighted by Crippen LogP contribution is 2.38. The van der Waals surface area contributed by atoms with Crippen molar-refractivity contribution in [2.75, 3.05) is 31.3 Å². The van der Waals surface area contributed by atoms with Crippen molar-refractivity contribution in [3.63, 3.8) is 0 Å². The fourth-order valence-electron chi connectivity index (χ4n) is 3.92. The summed E-state index contributed by atoms with van der Waals surface area (Å²) in [7, 11) is 4.04. The first-order valence-corrected chi connectivity index (χ1v) is 11.6. The molecule has 8 heteroatoms. The number of carboxylic acids is 1. The molecule has 4 rings (SSSR count). The van der Waals surface area contributed by atoms with Crippen molar-refractivity contribution in [2.24, 2.45) is 4.99 Å². The standard InChI is InChI=1S/C26H25BrN4O3/c1-31(2)15-16-3-8-20(9-4-16)29-25(17-5-10-19(11-6-17)28-14-23(32)33)24-21-12-7-18(27)13-22(21)30-26(24)34/h3-13,24,28H,14-15H2,1-2H3,(H,30,34)(H,32,33). The van der Waals surface area contributed by atoms with E-state index >= 15 is 0 Å². The summed E-state index contributed by atoms with van der Waals surface area (Å²) in [6.45, 7) is 0.655. The van der Waals surface area contributed by atoms with Gasteiger partial charge in [-0.05, 0) is 67.2 Å². The van der Waals surface area contributed by atoms with Gasteiger partial charge in [0.15, 0.2) is 0 Å². The maximum atomic E-state index is 13.1. The van der Waals surface area contributed by atoms with Crippen molar-refractivity contribution in [1.29, 1.82) is 0 Å². The number of hydrogen-bond donors (Lipinski definition) is 3. The van der Waals surface area contributed by atoms with E-state index in [9.17, 15) is 9.59 Å². The van der Waals surface area contributed by atoms with Gasteiger partial charge in [0.25, 0.3) is 0 Å². The molecule has 1 aliphatic rings. The number of aliphatic carboxylic acids is 1.